The van der Waals surface area contributed by atoms with E-state index in [2.05, 4.69) is 9.88 Å². The lowest BCUT2D eigenvalue weighted by atomic mass is 10.1. The number of nitrogens with zero attached hydrogens (tertiary/aromatic N) is 3. The van der Waals surface area contributed by atoms with Crippen molar-refractivity contribution in [3.63, 3.8) is 0 Å². The molecule has 29 heavy (non-hydrogen) atoms. The minimum absolute atomic E-state index is 0.202. The van der Waals surface area contributed by atoms with Crippen molar-refractivity contribution in [3.8, 4) is 5.75 Å². The summed E-state index contributed by atoms with van der Waals surface area (Å²) in [5.74, 6) is 0.507. The quantitative estimate of drug-likeness (QED) is 0.553. The number of H-pyrrole nitrogens is 1. The molecule has 5 rings (SSSR count). The standard InChI is InChI=1S/C20H17ClN4O4/c1-11(28-15-5-2-4-14-18(15)29-20(27)22-14)13-8-12(21)10-25-17(26)9-16(23-19(13)25)24-6-3-7-24/h2,4-5,8-11H,3,6-7H2,1H3,(H,22,27)/t11-/m0/s1. The monoisotopic (exact) mass is 412 g/mol. The molecule has 0 spiro atoms. The molecule has 0 saturated carbocycles. The number of pyridine rings is 1. The highest BCUT2D eigenvalue weighted by atomic mass is 35.5. The lowest BCUT2D eigenvalue weighted by Gasteiger charge is -2.32. The average Bonchev–Trinajstić information content (AvgIpc) is 3.02. The molecule has 0 aliphatic carbocycles. The van der Waals surface area contributed by atoms with Gasteiger partial charge in [-0.25, -0.2) is 9.78 Å². The van der Waals surface area contributed by atoms with Crippen LogP contribution in [0, 0.1) is 0 Å². The van der Waals surface area contributed by atoms with Gasteiger partial charge in [0, 0.05) is 30.9 Å². The Morgan fingerprint density at radius 2 is 2.10 bits per heavy atom. The molecular weight excluding hydrogens is 396 g/mol. The smallest absolute Gasteiger partial charge is 0.417 e. The van der Waals surface area contributed by atoms with Crippen LogP contribution in [0.3, 0.4) is 0 Å². The summed E-state index contributed by atoms with van der Waals surface area (Å²) in [5.41, 5.74) is 1.82. The molecule has 8 nitrogen and oxygen atoms in total. The molecular formula is C20H17ClN4O4. The van der Waals surface area contributed by atoms with Crippen molar-refractivity contribution >= 4 is 34.2 Å². The van der Waals surface area contributed by atoms with Crippen LogP contribution in [0.5, 0.6) is 5.75 Å². The minimum atomic E-state index is -0.552. The summed E-state index contributed by atoms with van der Waals surface area (Å²) in [7, 11) is 0. The molecule has 1 N–H and O–H groups in total. The van der Waals surface area contributed by atoms with E-state index in [4.69, 9.17) is 25.7 Å². The first-order chi connectivity index (χ1) is 14.0. The Morgan fingerprint density at radius 3 is 2.86 bits per heavy atom. The summed E-state index contributed by atoms with van der Waals surface area (Å²) < 4.78 is 12.7. The molecule has 1 fully saturated rings. The second kappa shape index (κ2) is 6.66. The lowest BCUT2D eigenvalue weighted by molar-refractivity contribution is 0.227. The molecule has 1 aliphatic rings. The number of fused-ring (bicyclic) bond motifs is 2. The van der Waals surface area contributed by atoms with Gasteiger partial charge >= 0.3 is 5.76 Å². The maximum atomic E-state index is 12.6. The first-order valence-electron chi connectivity index (χ1n) is 9.26. The summed E-state index contributed by atoms with van der Waals surface area (Å²) in [5, 5.41) is 0.398. The third-order valence-electron chi connectivity index (χ3n) is 5.07. The van der Waals surface area contributed by atoms with Crippen LogP contribution < -0.4 is 21.0 Å². The van der Waals surface area contributed by atoms with E-state index in [9.17, 15) is 9.59 Å². The number of benzene rings is 1. The Kier molecular flexibility index (Phi) is 4.09. The van der Waals surface area contributed by atoms with E-state index >= 15 is 0 Å². The predicted molar refractivity (Wildman–Crippen MR) is 109 cm³/mol. The van der Waals surface area contributed by atoms with Crippen molar-refractivity contribution in [2.24, 2.45) is 0 Å². The van der Waals surface area contributed by atoms with Gasteiger partial charge in [-0.2, -0.15) is 0 Å². The zero-order chi connectivity index (χ0) is 20.1. The molecule has 1 saturated heterocycles. The number of hydrogen-bond donors (Lipinski definition) is 1. The lowest BCUT2D eigenvalue weighted by Crippen LogP contribution is -2.38. The number of oxazole rings is 1. The summed E-state index contributed by atoms with van der Waals surface area (Å²) in [6.45, 7) is 3.59. The van der Waals surface area contributed by atoms with Crippen molar-refractivity contribution in [3.05, 3.63) is 68.0 Å². The van der Waals surface area contributed by atoms with Gasteiger partial charge in [0.1, 0.15) is 17.6 Å². The molecule has 4 heterocycles. The number of rotatable bonds is 4. The van der Waals surface area contributed by atoms with Gasteiger partial charge in [0.2, 0.25) is 0 Å². The normalized spacial score (nSPS) is 14.9. The fraction of sp³-hybridized carbons (Fsp3) is 0.250. The molecule has 3 aromatic heterocycles. The summed E-state index contributed by atoms with van der Waals surface area (Å²) in [6, 6.07) is 8.46. The molecule has 148 valence electrons. The van der Waals surface area contributed by atoms with Gasteiger partial charge in [-0.15, -0.1) is 0 Å². The molecule has 1 aliphatic heterocycles. The highest BCUT2D eigenvalue weighted by molar-refractivity contribution is 6.30. The van der Waals surface area contributed by atoms with Crippen LogP contribution in [0.2, 0.25) is 5.02 Å². The van der Waals surface area contributed by atoms with E-state index in [0.29, 0.717) is 38.9 Å². The van der Waals surface area contributed by atoms with Gasteiger partial charge in [0.25, 0.3) is 5.56 Å². The molecule has 4 aromatic rings. The maximum Gasteiger partial charge on any atom is 0.417 e. The van der Waals surface area contributed by atoms with Crippen LogP contribution in [0.4, 0.5) is 5.82 Å². The Labute approximate surface area is 169 Å². The largest absolute Gasteiger partial charge is 0.482 e. The highest BCUT2D eigenvalue weighted by Gasteiger charge is 2.21. The number of nitrogens with one attached hydrogen (secondary N) is 1. The molecule has 1 aromatic carbocycles. The second-order valence-corrected chi connectivity index (χ2v) is 7.44. The molecule has 0 radical (unpaired) electrons. The van der Waals surface area contributed by atoms with Gasteiger partial charge in [0.15, 0.2) is 11.3 Å². The van der Waals surface area contributed by atoms with E-state index in [1.54, 1.807) is 30.5 Å². The van der Waals surface area contributed by atoms with E-state index in [-0.39, 0.29) is 5.56 Å². The van der Waals surface area contributed by atoms with E-state index < -0.39 is 11.9 Å². The van der Waals surface area contributed by atoms with Crippen molar-refractivity contribution in [1.29, 1.82) is 0 Å². The van der Waals surface area contributed by atoms with Crippen LogP contribution >= 0.6 is 11.6 Å². The van der Waals surface area contributed by atoms with Gasteiger partial charge in [-0.1, -0.05) is 17.7 Å². The Bertz CT molecular complexity index is 1350. The van der Waals surface area contributed by atoms with Crippen molar-refractivity contribution in [1.82, 2.24) is 14.4 Å². The fourth-order valence-corrected chi connectivity index (χ4v) is 3.70. The van der Waals surface area contributed by atoms with Gasteiger partial charge in [0.05, 0.1) is 10.5 Å². The van der Waals surface area contributed by atoms with Gasteiger partial charge < -0.3 is 14.1 Å². The highest BCUT2D eigenvalue weighted by Crippen LogP contribution is 2.31. The first-order valence-corrected chi connectivity index (χ1v) is 9.64. The van der Waals surface area contributed by atoms with Crippen LogP contribution in [0.25, 0.3) is 16.7 Å². The number of para-hydroxylation sites is 1. The Hall–Kier alpha value is -3.26. The molecule has 0 bridgehead atoms. The van der Waals surface area contributed by atoms with Gasteiger partial charge in [-0.3, -0.25) is 14.2 Å². The topological polar surface area (TPSA) is 92.8 Å². The Balaban J connectivity index is 1.61. The molecule has 0 unspecified atom stereocenters. The maximum absolute atomic E-state index is 12.6. The number of aromatic amines is 1. The third kappa shape index (κ3) is 3.05. The zero-order valence-corrected chi connectivity index (χ0v) is 16.3. The van der Waals surface area contributed by atoms with E-state index in [1.165, 1.54) is 10.5 Å². The molecule has 9 heteroatoms. The average molecular weight is 413 g/mol. The zero-order valence-electron chi connectivity index (χ0n) is 15.5. The predicted octanol–water partition coefficient (Wildman–Crippen LogP) is 3.13. The van der Waals surface area contributed by atoms with Crippen LogP contribution in [-0.2, 0) is 0 Å². The number of halogens is 1. The van der Waals surface area contributed by atoms with Crippen LogP contribution in [0.15, 0.2) is 50.5 Å². The summed E-state index contributed by atoms with van der Waals surface area (Å²) in [4.78, 5) is 33.6. The number of ether oxygens (including phenoxy) is 1. The second-order valence-electron chi connectivity index (χ2n) is 7.01. The number of aromatic nitrogens is 3. The van der Waals surface area contributed by atoms with Crippen LogP contribution in [-0.4, -0.2) is 27.5 Å². The summed E-state index contributed by atoms with van der Waals surface area (Å²) in [6.07, 6.45) is 2.13. The first kappa shape index (κ1) is 17.8. The Morgan fingerprint density at radius 1 is 1.28 bits per heavy atom. The van der Waals surface area contributed by atoms with Crippen molar-refractivity contribution in [2.45, 2.75) is 19.4 Å². The SMILES string of the molecule is C[C@H](Oc1cccc2[nH]c(=O)oc12)c1cc(Cl)cn2c(=O)cc(N3CCC3)nc12. The van der Waals surface area contributed by atoms with Crippen molar-refractivity contribution < 1.29 is 9.15 Å². The minimum Gasteiger partial charge on any atom is -0.482 e. The van der Waals surface area contributed by atoms with Gasteiger partial charge in [-0.05, 0) is 31.5 Å². The summed E-state index contributed by atoms with van der Waals surface area (Å²) >= 11 is 6.26. The number of anilines is 1. The van der Waals surface area contributed by atoms with Crippen LogP contribution in [0.1, 0.15) is 25.0 Å². The molecule has 1 atom stereocenters. The van der Waals surface area contributed by atoms with E-state index in [0.717, 1.165) is 19.5 Å². The molecule has 0 amide bonds. The third-order valence-corrected chi connectivity index (χ3v) is 5.28. The van der Waals surface area contributed by atoms with E-state index in [1.807, 2.05) is 6.92 Å². The number of hydrogen-bond acceptors (Lipinski definition) is 6. The van der Waals surface area contributed by atoms with Crippen molar-refractivity contribution in [2.75, 3.05) is 18.0 Å². The fourth-order valence-electron chi connectivity index (χ4n) is 3.48.